The average Bonchev–Trinajstić information content (AvgIpc) is 2.15. The molecule has 2 unspecified atom stereocenters. The van der Waals surface area contributed by atoms with Gasteiger partial charge in [0.05, 0.1) is 0 Å². The maximum absolute atomic E-state index is 11.9. The van der Waals surface area contributed by atoms with Gasteiger partial charge in [-0.3, -0.25) is 0 Å². The summed E-state index contributed by atoms with van der Waals surface area (Å²) in [5.74, 6) is 0. The van der Waals surface area contributed by atoms with Gasteiger partial charge in [-0.2, -0.15) is 17.4 Å². The van der Waals surface area contributed by atoms with Crippen LogP contribution in [0.2, 0.25) is 0 Å². The molecular weight excluding hydrogens is 226 g/mol. The van der Waals surface area contributed by atoms with Crippen LogP contribution in [0.1, 0.15) is 39.5 Å². The molecule has 1 saturated carbocycles. The first-order chi connectivity index (χ1) is 7.34. The lowest BCUT2D eigenvalue weighted by molar-refractivity contribution is 0.249. The summed E-state index contributed by atoms with van der Waals surface area (Å²) in [6.07, 6.45) is 3.92. The van der Waals surface area contributed by atoms with Gasteiger partial charge in [0.25, 0.3) is 10.2 Å². The minimum absolute atomic E-state index is 0.0394. The van der Waals surface area contributed by atoms with E-state index in [1.54, 1.807) is 7.05 Å². The van der Waals surface area contributed by atoms with E-state index in [4.69, 9.17) is 5.73 Å². The predicted octanol–water partition coefficient (Wildman–Crippen LogP) is 0.431. The van der Waals surface area contributed by atoms with E-state index in [9.17, 15) is 8.42 Å². The Labute approximate surface area is 98.6 Å². The van der Waals surface area contributed by atoms with Crippen molar-refractivity contribution in [2.75, 3.05) is 7.05 Å². The molecule has 0 bridgehead atoms. The van der Waals surface area contributed by atoms with Gasteiger partial charge in [0, 0.05) is 25.2 Å². The summed E-state index contributed by atoms with van der Waals surface area (Å²) >= 11 is 0. The Hall–Kier alpha value is -0.170. The van der Waals surface area contributed by atoms with Crippen molar-refractivity contribution in [3.05, 3.63) is 0 Å². The zero-order valence-corrected chi connectivity index (χ0v) is 11.1. The topological polar surface area (TPSA) is 75.4 Å². The molecule has 0 aromatic carbocycles. The number of hydrogen-bond donors (Lipinski definition) is 2. The van der Waals surface area contributed by atoms with E-state index in [1.807, 2.05) is 13.8 Å². The van der Waals surface area contributed by atoms with Gasteiger partial charge in [-0.05, 0) is 26.7 Å². The van der Waals surface area contributed by atoms with Crippen LogP contribution in [0.3, 0.4) is 0 Å². The van der Waals surface area contributed by atoms with Crippen LogP contribution >= 0.6 is 0 Å². The lowest BCUT2D eigenvalue weighted by atomic mass is 9.91. The molecule has 1 fully saturated rings. The van der Waals surface area contributed by atoms with Gasteiger partial charge >= 0.3 is 0 Å². The highest BCUT2D eigenvalue weighted by Gasteiger charge is 2.32. The highest BCUT2D eigenvalue weighted by atomic mass is 32.2. The molecule has 0 amide bonds. The molecule has 3 N–H and O–H groups in total. The maximum atomic E-state index is 11.9. The van der Waals surface area contributed by atoms with Crippen LogP contribution in [0.25, 0.3) is 0 Å². The third-order valence-corrected chi connectivity index (χ3v) is 4.81. The molecule has 96 valence electrons. The number of hydrogen-bond acceptors (Lipinski definition) is 3. The quantitative estimate of drug-likeness (QED) is 0.758. The Kier molecular flexibility index (Phi) is 4.73. The van der Waals surface area contributed by atoms with Crippen LogP contribution in [0.5, 0.6) is 0 Å². The van der Waals surface area contributed by atoms with Gasteiger partial charge < -0.3 is 5.73 Å². The molecule has 2 atom stereocenters. The second kappa shape index (κ2) is 5.44. The second-order valence-corrected chi connectivity index (χ2v) is 6.57. The maximum Gasteiger partial charge on any atom is 0.279 e. The van der Waals surface area contributed by atoms with E-state index < -0.39 is 10.2 Å². The van der Waals surface area contributed by atoms with Crippen molar-refractivity contribution in [1.29, 1.82) is 0 Å². The summed E-state index contributed by atoms with van der Waals surface area (Å²) in [5.41, 5.74) is 5.97. The molecule has 0 heterocycles. The standard InChI is InChI=1S/C10H23N3O2S/c1-8(2)12-16(14,15)13(3)10-7-5-4-6-9(10)11/h8-10,12H,4-7,11H2,1-3H3. The fourth-order valence-corrected chi connectivity index (χ4v) is 3.53. The van der Waals surface area contributed by atoms with Crippen molar-refractivity contribution in [1.82, 2.24) is 9.03 Å². The fraction of sp³-hybridized carbons (Fsp3) is 1.00. The van der Waals surface area contributed by atoms with Crippen LogP contribution in [0.4, 0.5) is 0 Å². The minimum Gasteiger partial charge on any atom is -0.326 e. The van der Waals surface area contributed by atoms with Gasteiger partial charge in [0.15, 0.2) is 0 Å². The molecule has 0 spiro atoms. The molecule has 1 aliphatic carbocycles. The molecule has 0 aliphatic heterocycles. The number of rotatable bonds is 4. The second-order valence-electron chi connectivity index (χ2n) is 4.81. The molecule has 0 saturated heterocycles. The smallest absolute Gasteiger partial charge is 0.279 e. The van der Waals surface area contributed by atoms with Crippen LogP contribution in [0, 0.1) is 0 Å². The minimum atomic E-state index is -3.39. The molecule has 0 radical (unpaired) electrons. The first-order valence-electron chi connectivity index (χ1n) is 5.85. The van der Waals surface area contributed by atoms with Crippen LogP contribution in [-0.2, 0) is 10.2 Å². The molecule has 1 rings (SSSR count). The summed E-state index contributed by atoms with van der Waals surface area (Å²) < 4.78 is 27.9. The van der Waals surface area contributed by atoms with Crippen LogP contribution in [-0.4, -0.2) is 37.9 Å². The van der Waals surface area contributed by atoms with Gasteiger partial charge in [-0.15, -0.1) is 0 Å². The number of nitrogens with zero attached hydrogens (tertiary/aromatic N) is 1. The van der Waals surface area contributed by atoms with E-state index in [0.29, 0.717) is 0 Å². The first-order valence-corrected chi connectivity index (χ1v) is 7.29. The van der Waals surface area contributed by atoms with Crippen molar-refractivity contribution < 1.29 is 8.42 Å². The van der Waals surface area contributed by atoms with Gasteiger partial charge in [-0.1, -0.05) is 12.8 Å². The Balaban J connectivity index is 2.71. The summed E-state index contributed by atoms with van der Waals surface area (Å²) in [7, 11) is -1.78. The van der Waals surface area contributed by atoms with E-state index in [2.05, 4.69) is 4.72 Å². The van der Waals surface area contributed by atoms with E-state index in [-0.39, 0.29) is 18.1 Å². The Morgan fingerprint density at radius 3 is 2.38 bits per heavy atom. The van der Waals surface area contributed by atoms with E-state index in [0.717, 1.165) is 25.7 Å². The molecule has 5 nitrogen and oxygen atoms in total. The number of nitrogens with two attached hydrogens (primary N) is 1. The molecule has 6 heteroatoms. The van der Waals surface area contributed by atoms with Crippen molar-refractivity contribution in [3.63, 3.8) is 0 Å². The van der Waals surface area contributed by atoms with Crippen molar-refractivity contribution in [2.45, 2.75) is 57.7 Å². The number of likely N-dealkylation sites (N-methyl/N-ethyl adjacent to an activating group) is 1. The predicted molar refractivity (Wildman–Crippen MR) is 65.2 cm³/mol. The zero-order valence-electron chi connectivity index (χ0n) is 10.3. The molecule has 1 aliphatic rings. The normalized spacial score (nSPS) is 27.6. The van der Waals surface area contributed by atoms with Crippen molar-refractivity contribution >= 4 is 10.2 Å². The highest BCUT2D eigenvalue weighted by Crippen LogP contribution is 2.22. The third kappa shape index (κ3) is 3.41. The molecular formula is C10H23N3O2S. The lowest BCUT2D eigenvalue weighted by Crippen LogP contribution is -2.54. The zero-order chi connectivity index (χ0) is 12.3. The largest absolute Gasteiger partial charge is 0.326 e. The first kappa shape index (κ1) is 13.9. The lowest BCUT2D eigenvalue weighted by Gasteiger charge is -2.35. The number of nitrogens with one attached hydrogen (secondary N) is 1. The fourth-order valence-electron chi connectivity index (χ4n) is 2.15. The Morgan fingerprint density at radius 2 is 1.88 bits per heavy atom. The SMILES string of the molecule is CC(C)NS(=O)(=O)N(C)C1CCCCC1N. The summed E-state index contributed by atoms with van der Waals surface area (Å²) in [6, 6.07) is -0.195. The van der Waals surface area contributed by atoms with Gasteiger partial charge in [0.2, 0.25) is 0 Å². The summed E-state index contributed by atoms with van der Waals surface area (Å²) in [5, 5.41) is 0. The molecule has 0 aromatic rings. The summed E-state index contributed by atoms with van der Waals surface area (Å²) in [4.78, 5) is 0. The van der Waals surface area contributed by atoms with Gasteiger partial charge in [0.1, 0.15) is 0 Å². The van der Waals surface area contributed by atoms with Gasteiger partial charge in [-0.25, -0.2) is 0 Å². The van der Waals surface area contributed by atoms with E-state index in [1.165, 1.54) is 4.31 Å². The Bertz CT molecular complexity index is 316. The summed E-state index contributed by atoms with van der Waals surface area (Å²) in [6.45, 7) is 3.62. The van der Waals surface area contributed by atoms with Crippen molar-refractivity contribution in [2.24, 2.45) is 5.73 Å². The Morgan fingerprint density at radius 1 is 1.31 bits per heavy atom. The van der Waals surface area contributed by atoms with Crippen molar-refractivity contribution in [3.8, 4) is 0 Å². The highest BCUT2D eigenvalue weighted by molar-refractivity contribution is 7.87. The molecule has 0 aromatic heterocycles. The van der Waals surface area contributed by atoms with E-state index >= 15 is 0 Å². The third-order valence-electron chi connectivity index (χ3n) is 3.01. The average molecular weight is 249 g/mol. The monoisotopic (exact) mass is 249 g/mol. The molecule has 16 heavy (non-hydrogen) atoms. The van der Waals surface area contributed by atoms with Crippen LogP contribution in [0.15, 0.2) is 0 Å². The van der Waals surface area contributed by atoms with Crippen LogP contribution < -0.4 is 10.5 Å².